The number of methoxy groups -OCH3 is 1. The quantitative estimate of drug-likeness (QED) is 0.0823. The highest BCUT2D eigenvalue weighted by molar-refractivity contribution is 14.1. The van der Waals surface area contributed by atoms with Crippen LogP contribution in [0.4, 0.5) is 8.78 Å². The Morgan fingerprint density at radius 1 is 0.795 bits per heavy atom. The fraction of sp³-hybridized carbons (Fsp3) is 0.500. The van der Waals surface area contributed by atoms with Crippen molar-refractivity contribution in [3.05, 3.63) is 71.3 Å². The van der Waals surface area contributed by atoms with Gasteiger partial charge in [0.05, 0.1) is 22.9 Å². The maximum absolute atomic E-state index is 13.1. The molecule has 0 spiro atoms. The third kappa shape index (κ3) is 19.2. The first kappa shape index (κ1) is 43.8. The van der Waals surface area contributed by atoms with Gasteiger partial charge in [0.1, 0.15) is 17.7 Å². The van der Waals surface area contributed by atoms with Crippen molar-refractivity contribution in [2.75, 3.05) is 16.9 Å². The number of halogens is 5. The Morgan fingerprint density at radius 2 is 1.20 bits per heavy atom. The van der Waals surface area contributed by atoms with E-state index < -0.39 is 41.5 Å². The average Bonchev–Trinajstić information content (AvgIpc) is 3.00. The van der Waals surface area contributed by atoms with E-state index in [2.05, 4.69) is 51.8 Å². The van der Waals surface area contributed by atoms with Crippen LogP contribution in [0.1, 0.15) is 93.4 Å². The molecule has 0 aliphatic heterocycles. The Hall–Kier alpha value is -2.31. The van der Waals surface area contributed by atoms with Crippen molar-refractivity contribution in [3.8, 4) is 0 Å². The van der Waals surface area contributed by atoms with E-state index in [1.54, 1.807) is 0 Å². The van der Waals surface area contributed by atoms with Crippen molar-refractivity contribution < 1.29 is 32.7 Å². The fourth-order valence-corrected chi connectivity index (χ4v) is 3.92. The van der Waals surface area contributed by atoms with Crippen molar-refractivity contribution in [3.63, 3.8) is 0 Å². The zero-order valence-electron chi connectivity index (χ0n) is 24.8. The minimum absolute atomic E-state index is 0. The molecule has 7 nitrogen and oxygen atoms in total. The van der Waals surface area contributed by atoms with Crippen LogP contribution in [0.15, 0.2) is 48.5 Å². The third-order valence-electron chi connectivity index (χ3n) is 5.98. The van der Waals surface area contributed by atoms with Gasteiger partial charge in [-0.15, -0.1) is 23.2 Å². The van der Waals surface area contributed by atoms with Gasteiger partial charge < -0.3 is 15.4 Å². The summed E-state index contributed by atoms with van der Waals surface area (Å²) in [5, 5.41) is 5.22. The zero-order chi connectivity index (χ0) is 32.6. The van der Waals surface area contributed by atoms with Crippen LogP contribution in [0.5, 0.6) is 0 Å². The predicted octanol–water partition coefficient (Wildman–Crippen LogP) is 8.24. The smallest absolute Gasteiger partial charge is 0.328 e. The molecule has 0 aliphatic carbocycles. The molecule has 2 N–H and O–H groups in total. The molecule has 0 aliphatic rings. The van der Waals surface area contributed by atoms with E-state index in [0.717, 1.165) is 50.7 Å². The van der Waals surface area contributed by atoms with Crippen LogP contribution in [-0.2, 0) is 14.3 Å². The second-order valence-electron chi connectivity index (χ2n) is 9.29. The molecule has 0 saturated carbocycles. The maximum Gasteiger partial charge on any atom is 0.328 e. The summed E-state index contributed by atoms with van der Waals surface area (Å²) in [6.45, 7) is 4.11. The maximum atomic E-state index is 13.1. The van der Waals surface area contributed by atoms with Crippen LogP contribution in [0.2, 0.25) is 0 Å². The number of hydrogen-bond acceptors (Lipinski definition) is 5. The number of rotatable bonds is 15. The van der Waals surface area contributed by atoms with Crippen LogP contribution >= 0.6 is 45.8 Å². The van der Waals surface area contributed by atoms with Gasteiger partial charge in [-0.25, -0.2) is 13.6 Å². The molecule has 0 radical (unpaired) electrons. The first-order chi connectivity index (χ1) is 20.6. The van der Waals surface area contributed by atoms with E-state index in [0.29, 0.717) is 16.7 Å². The van der Waals surface area contributed by atoms with Crippen LogP contribution in [0.3, 0.4) is 0 Å². The number of unbranched alkanes of at least 4 members (excludes halogenated alkanes) is 4. The molecule has 248 valence electrons. The topological polar surface area (TPSA) is 102 Å². The average molecular weight is 774 g/mol. The summed E-state index contributed by atoms with van der Waals surface area (Å²) in [7, 11) is 1.28. The second kappa shape index (κ2) is 27.0. The van der Waals surface area contributed by atoms with Crippen molar-refractivity contribution >= 4 is 69.4 Å². The lowest BCUT2D eigenvalue weighted by Gasteiger charge is -2.16. The number of benzene rings is 2. The van der Waals surface area contributed by atoms with E-state index in [9.17, 15) is 28.0 Å². The molecule has 0 fully saturated rings. The Morgan fingerprint density at radius 3 is 1.57 bits per heavy atom. The van der Waals surface area contributed by atoms with Gasteiger partial charge in [-0.2, -0.15) is 0 Å². The largest absolute Gasteiger partial charge is 0.467 e. The Kier molecular flexibility index (Phi) is 26.9. The monoisotopic (exact) mass is 772 g/mol. The van der Waals surface area contributed by atoms with Crippen molar-refractivity contribution in [1.82, 2.24) is 10.6 Å². The molecular weight excluding hydrogens is 728 g/mol. The highest BCUT2D eigenvalue weighted by Crippen LogP contribution is 2.10. The highest BCUT2D eigenvalue weighted by atomic mass is 127. The molecule has 2 rings (SSSR count). The van der Waals surface area contributed by atoms with Gasteiger partial charge in [0.25, 0.3) is 11.8 Å². The van der Waals surface area contributed by atoms with E-state index in [1.165, 1.54) is 43.5 Å². The van der Waals surface area contributed by atoms with E-state index in [-0.39, 0.29) is 30.2 Å². The normalized spacial score (nSPS) is 11.2. The van der Waals surface area contributed by atoms with Gasteiger partial charge in [-0.1, -0.05) is 94.5 Å². The number of carbonyl (C=O) groups is 4. The summed E-state index contributed by atoms with van der Waals surface area (Å²) in [6, 6.07) is 9.42. The van der Waals surface area contributed by atoms with E-state index in [4.69, 9.17) is 23.2 Å². The van der Waals surface area contributed by atoms with Gasteiger partial charge in [0, 0.05) is 11.1 Å². The molecule has 0 heterocycles. The van der Waals surface area contributed by atoms with Gasteiger partial charge >= 0.3 is 5.97 Å². The van der Waals surface area contributed by atoms with Gasteiger partial charge in [-0.3, -0.25) is 14.4 Å². The number of ketones is 1. The number of amides is 2. The third-order valence-corrected chi connectivity index (χ3v) is 6.25. The molecule has 0 saturated heterocycles. The molecule has 12 heteroatoms. The van der Waals surface area contributed by atoms with Gasteiger partial charge in [0.15, 0.2) is 5.78 Å². The van der Waals surface area contributed by atoms with Crippen molar-refractivity contribution in [2.45, 2.75) is 84.7 Å². The molecule has 2 aromatic rings. The fourth-order valence-electron chi connectivity index (χ4n) is 3.74. The number of alkyl halides is 3. The lowest BCUT2D eigenvalue weighted by Crippen LogP contribution is -2.41. The van der Waals surface area contributed by atoms with Crippen molar-refractivity contribution in [1.29, 1.82) is 0 Å². The van der Waals surface area contributed by atoms with Crippen LogP contribution < -0.4 is 10.6 Å². The number of nitrogens with one attached hydrogen (secondary N) is 2. The summed E-state index contributed by atoms with van der Waals surface area (Å²) in [5.41, 5.74) is 0.391. The van der Waals surface area contributed by atoms with E-state index in [1.807, 2.05) is 0 Å². The number of carbonyl (C=O) groups excluding carboxylic acids is 4. The molecule has 0 aromatic heterocycles. The second-order valence-corrected chi connectivity index (χ2v) is 11.5. The molecular formula is C32H45Cl2F2IN2O5. The molecule has 0 bridgehead atoms. The first-order valence-corrected chi connectivity index (χ1v) is 16.6. The number of hydrogen-bond donors (Lipinski definition) is 2. The molecule has 2 atom stereocenters. The first-order valence-electron chi connectivity index (χ1n) is 14.0. The summed E-state index contributed by atoms with van der Waals surface area (Å²) in [6.07, 6.45) is 6.74. The van der Waals surface area contributed by atoms with Gasteiger partial charge in [0.2, 0.25) is 0 Å². The van der Waals surface area contributed by atoms with Crippen LogP contribution in [0, 0.1) is 11.6 Å². The predicted molar refractivity (Wildman–Crippen MR) is 183 cm³/mol. The van der Waals surface area contributed by atoms with Crippen molar-refractivity contribution in [2.24, 2.45) is 0 Å². The standard InChI is InChI=1S/C15H19ClFNO2.C15H20FNO3.CH2ClI.CH4/c1-2-3-4-8-13(14(19)10-16)18-15(20)11-6-5-7-12(17)9-11;1-3-4-5-9-13(15(19)20-2)17-14(18)11-7-6-8-12(16)10-11;2-1-3;/h5-7,9,13H,2-4,8,10H2,1H3,(H,18,20);6-8,10,13H,3-5,9H2,1-2H3,(H,17,18);1H2;1H4/t2*13-;;/m00../s1. The Bertz CT molecular complexity index is 1040. The van der Waals surface area contributed by atoms with Gasteiger partial charge in [-0.05, 0) is 49.2 Å². The zero-order valence-corrected chi connectivity index (χ0v) is 28.4. The highest BCUT2D eigenvalue weighted by Gasteiger charge is 2.22. The molecule has 2 aromatic carbocycles. The number of ether oxygens (including phenoxy) is 1. The van der Waals surface area contributed by atoms with E-state index >= 15 is 0 Å². The minimum Gasteiger partial charge on any atom is -0.467 e. The molecule has 0 unspecified atom stereocenters. The summed E-state index contributed by atoms with van der Waals surface area (Å²) in [4.78, 5) is 47.3. The van der Waals surface area contributed by atoms with Crippen LogP contribution in [-0.4, -0.2) is 52.5 Å². The Labute approximate surface area is 284 Å². The number of Topliss-reactive ketones (excluding diaryl/α,β-unsaturated/α-hetero) is 1. The number of esters is 1. The lowest BCUT2D eigenvalue weighted by molar-refractivity contribution is -0.143. The van der Waals surface area contributed by atoms with Crippen LogP contribution in [0.25, 0.3) is 0 Å². The molecule has 2 amide bonds. The Balaban J connectivity index is 0. The summed E-state index contributed by atoms with van der Waals surface area (Å²) in [5.74, 6) is -2.73. The lowest BCUT2D eigenvalue weighted by atomic mass is 10.0. The minimum atomic E-state index is -0.692. The summed E-state index contributed by atoms with van der Waals surface area (Å²) >= 11 is 12.6. The summed E-state index contributed by atoms with van der Waals surface area (Å²) < 4.78 is 31.5. The molecule has 44 heavy (non-hydrogen) atoms. The SMILES string of the molecule is C.CCCCC[C@H](NC(=O)c1cccc(F)c1)C(=O)CCl.CCCCC[C@H](NC(=O)c1cccc(F)c1)C(=O)OC.ClCI.